The van der Waals surface area contributed by atoms with Crippen LogP contribution in [0.4, 0.5) is 11.5 Å². The topological polar surface area (TPSA) is 149 Å². The maximum atomic E-state index is 12.9. The Hall–Kier alpha value is -4.25. The van der Waals surface area contributed by atoms with Gasteiger partial charge in [0.25, 0.3) is 17.2 Å². The van der Waals surface area contributed by atoms with E-state index in [0.29, 0.717) is 29.1 Å². The second-order valence-corrected chi connectivity index (χ2v) is 7.40. The summed E-state index contributed by atoms with van der Waals surface area (Å²) in [7, 11) is 0. The van der Waals surface area contributed by atoms with Crippen LogP contribution >= 0.6 is 11.6 Å². The summed E-state index contributed by atoms with van der Waals surface area (Å²) in [6.45, 7) is 3.55. The number of amides is 1. The van der Waals surface area contributed by atoms with Crippen molar-refractivity contribution in [1.29, 1.82) is 0 Å². The summed E-state index contributed by atoms with van der Waals surface area (Å²) in [4.78, 5) is 42.9. The first-order valence-corrected chi connectivity index (χ1v) is 10.2. The van der Waals surface area contributed by atoms with Crippen LogP contribution in [0.2, 0.25) is 5.02 Å². The van der Waals surface area contributed by atoms with Gasteiger partial charge in [-0.2, -0.15) is 9.78 Å². The maximum Gasteiger partial charge on any atom is 0.288 e. The Morgan fingerprint density at radius 3 is 2.76 bits per heavy atom. The Balaban J connectivity index is 1.78. The summed E-state index contributed by atoms with van der Waals surface area (Å²) in [5.74, 6) is 0.0301. The second kappa shape index (κ2) is 8.71. The van der Waals surface area contributed by atoms with Gasteiger partial charge in [0.1, 0.15) is 16.5 Å². The summed E-state index contributed by atoms with van der Waals surface area (Å²) < 4.78 is 6.64. The van der Waals surface area contributed by atoms with E-state index in [1.807, 2.05) is 6.92 Å². The lowest BCUT2D eigenvalue weighted by atomic mass is 10.2. The number of hydrogen-bond acceptors (Lipinski definition) is 7. The highest BCUT2D eigenvalue weighted by Crippen LogP contribution is 2.27. The third kappa shape index (κ3) is 4.26. The third-order valence-electron chi connectivity index (χ3n) is 4.89. The van der Waals surface area contributed by atoms with E-state index in [4.69, 9.17) is 16.0 Å². The minimum Gasteiger partial charge on any atom is -0.463 e. The Morgan fingerprint density at radius 2 is 2.12 bits per heavy atom. The number of halogens is 1. The van der Waals surface area contributed by atoms with Crippen LogP contribution in [0.5, 0.6) is 0 Å². The van der Waals surface area contributed by atoms with Gasteiger partial charge in [-0.25, -0.2) is 4.98 Å². The van der Waals surface area contributed by atoms with Crippen molar-refractivity contribution in [1.82, 2.24) is 19.7 Å². The van der Waals surface area contributed by atoms with E-state index in [2.05, 4.69) is 20.4 Å². The van der Waals surface area contributed by atoms with Crippen LogP contribution in [0.25, 0.3) is 17.4 Å². The molecule has 4 rings (SSSR count). The van der Waals surface area contributed by atoms with Gasteiger partial charge in [-0.1, -0.05) is 18.5 Å². The first-order valence-electron chi connectivity index (χ1n) is 9.78. The largest absolute Gasteiger partial charge is 0.463 e. The quantitative estimate of drug-likeness (QED) is 0.322. The van der Waals surface area contributed by atoms with Gasteiger partial charge in [0, 0.05) is 29.0 Å². The molecular formula is C21H17ClN6O5. The van der Waals surface area contributed by atoms with Crippen molar-refractivity contribution in [3.05, 3.63) is 85.0 Å². The number of carbonyl (C=O) groups excluding carboxylic acids is 1. The fraction of sp³-hybridized carbons (Fsp3) is 0.143. The van der Waals surface area contributed by atoms with Crippen LogP contribution in [0.15, 0.2) is 51.9 Å². The van der Waals surface area contributed by atoms with Crippen LogP contribution in [0.1, 0.15) is 28.5 Å². The summed E-state index contributed by atoms with van der Waals surface area (Å²) in [6, 6.07) is 8.60. The van der Waals surface area contributed by atoms with Crippen molar-refractivity contribution >= 4 is 29.0 Å². The monoisotopic (exact) mass is 468 g/mol. The number of furan rings is 1. The van der Waals surface area contributed by atoms with Gasteiger partial charge in [0.2, 0.25) is 5.95 Å². The number of aromatic nitrogens is 4. The fourth-order valence-corrected chi connectivity index (χ4v) is 3.46. The number of aryl methyl sites for hydroxylation is 1. The average Bonchev–Trinajstić information content (AvgIpc) is 3.43. The Kier molecular flexibility index (Phi) is 5.80. The van der Waals surface area contributed by atoms with E-state index >= 15 is 0 Å². The molecule has 1 aromatic carbocycles. The molecule has 0 aliphatic rings. The van der Waals surface area contributed by atoms with Crippen molar-refractivity contribution in [2.24, 2.45) is 0 Å². The Morgan fingerprint density at radius 1 is 1.33 bits per heavy atom. The highest BCUT2D eigenvalue weighted by Gasteiger charge is 2.21. The standard InChI is InChI=1S/C21H17ClN6O5/c1-3-13-11(2)23-21(25-20(13)30)27-18(10-15(26-27)17-5-4-8-33-17)24-19(29)12-6-7-14(22)16(9-12)28(31)32/h4-10H,3H2,1-2H3,(H,24,29)(H,23,25,30). The fourth-order valence-electron chi connectivity index (χ4n) is 3.27. The van der Waals surface area contributed by atoms with Crippen molar-refractivity contribution in [3.63, 3.8) is 0 Å². The first-order chi connectivity index (χ1) is 15.8. The first kappa shape index (κ1) is 22.0. The van der Waals surface area contributed by atoms with Gasteiger partial charge in [-0.05, 0) is 37.6 Å². The number of anilines is 1. The minimum absolute atomic E-state index is 0.0114. The number of rotatable bonds is 6. The molecule has 0 fully saturated rings. The molecule has 12 heteroatoms. The number of hydrogen-bond donors (Lipinski definition) is 2. The predicted octanol–water partition coefficient (Wildman–Crippen LogP) is 3.90. The molecule has 11 nitrogen and oxygen atoms in total. The molecule has 0 saturated carbocycles. The van der Waals surface area contributed by atoms with E-state index in [-0.39, 0.29) is 27.9 Å². The minimum atomic E-state index is -0.676. The SMILES string of the molecule is CCc1c(C)nc(-n2nc(-c3ccco3)cc2NC(=O)c2ccc(Cl)c([N+](=O)[O-])c2)[nH]c1=O. The number of H-pyrrole nitrogens is 1. The van der Waals surface area contributed by atoms with Crippen LogP contribution < -0.4 is 10.9 Å². The van der Waals surface area contributed by atoms with Crippen LogP contribution in [-0.2, 0) is 6.42 Å². The lowest BCUT2D eigenvalue weighted by Gasteiger charge is -2.10. The molecule has 0 aliphatic heterocycles. The van der Waals surface area contributed by atoms with Gasteiger partial charge in [0.15, 0.2) is 5.76 Å². The van der Waals surface area contributed by atoms with Crippen molar-refractivity contribution < 1.29 is 14.1 Å². The Bertz CT molecular complexity index is 1420. The van der Waals surface area contributed by atoms with Crippen LogP contribution in [0.3, 0.4) is 0 Å². The number of benzene rings is 1. The molecule has 0 unspecified atom stereocenters. The average molecular weight is 469 g/mol. The molecule has 0 saturated heterocycles. The molecule has 0 aliphatic carbocycles. The summed E-state index contributed by atoms with van der Waals surface area (Å²) >= 11 is 5.84. The highest BCUT2D eigenvalue weighted by molar-refractivity contribution is 6.32. The molecule has 0 atom stereocenters. The van der Waals surface area contributed by atoms with E-state index in [1.165, 1.54) is 29.1 Å². The van der Waals surface area contributed by atoms with Gasteiger partial charge >= 0.3 is 0 Å². The highest BCUT2D eigenvalue weighted by atomic mass is 35.5. The predicted molar refractivity (Wildman–Crippen MR) is 120 cm³/mol. The molecule has 2 N–H and O–H groups in total. The molecule has 3 heterocycles. The van der Waals surface area contributed by atoms with Crippen molar-refractivity contribution in [2.75, 3.05) is 5.32 Å². The zero-order valence-electron chi connectivity index (χ0n) is 17.5. The summed E-state index contributed by atoms with van der Waals surface area (Å²) in [6.07, 6.45) is 1.98. The van der Waals surface area contributed by atoms with Crippen LogP contribution in [0, 0.1) is 17.0 Å². The van der Waals surface area contributed by atoms with Crippen molar-refractivity contribution in [3.8, 4) is 17.4 Å². The Labute approximate surface area is 191 Å². The molecule has 0 bridgehead atoms. The van der Waals surface area contributed by atoms with Crippen LogP contribution in [-0.4, -0.2) is 30.6 Å². The van der Waals surface area contributed by atoms with Gasteiger partial charge in [-0.15, -0.1) is 0 Å². The second-order valence-electron chi connectivity index (χ2n) is 6.99. The van der Waals surface area contributed by atoms with Gasteiger partial charge in [0.05, 0.1) is 11.2 Å². The number of nitrogens with one attached hydrogen (secondary N) is 2. The molecule has 0 radical (unpaired) electrons. The third-order valence-corrected chi connectivity index (χ3v) is 5.21. The maximum absolute atomic E-state index is 12.9. The molecule has 4 aromatic rings. The zero-order valence-corrected chi connectivity index (χ0v) is 18.2. The van der Waals surface area contributed by atoms with Crippen molar-refractivity contribution in [2.45, 2.75) is 20.3 Å². The van der Waals surface area contributed by atoms with Gasteiger partial charge in [-0.3, -0.25) is 24.7 Å². The van der Waals surface area contributed by atoms with E-state index in [0.717, 1.165) is 6.07 Å². The molecule has 3 aromatic heterocycles. The van der Waals surface area contributed by atoms with E-state index in [1.54, 1.807) is 19.1 Å². The van der Waals surface area contributed by atoms with Gasteiger partial charge < -0.3 is 9.73 Å². The number of carbonyl (C=O) groups is 1. The lowest BCUT2D eigenvalue weighted by Crippen LogP contribution is -2.22. The number of nitro benzene ring substituents is 1. The number of nitrogens with zero attached hydrogens (tertiary/aromatic N) is 4. The summed E-state index contributed by atoms with van der Waals surface area (Å²) in [5, 5.41) is 18.1. The summed E-state index contributed by atoms with van der Waals surface area (Å²) in [5.41, 5.74) is 0.731. The van der Waals surface area contributed by atoms with E-state index in [9.17, 15) is 19.7 Å². The smallest absolute Gasteiger partial charge is 0.288 e. The lowest BCUT2D eigenvalue weighted by molar-refractivity contribution is -0.384. The molecule has 33 heavy (non-hydrogen) atoms. The molecular weight excluding hydrogens is 452 g/mol. The zero-order chi connectivity index (χ0) is 23.7. The number of aromatic amines is 1. The molecule has 0 spiro atoms. The number of nitro groups is 1. The van der Waals surface area contributed by atoms with E-state index < -0.39 is 16.5 Å². The normalized spacial score (nSPS) is 10.9. The molecule has 168 valence electrons. The molecule has 1 amide bonds.